The Morgan fingerprint density at radius 2 is 2.00 bits per heavy atom. The first-order chi connectivity index (χ1) is 7.19. The molecule has 4 unspecified atom stereocenters. The van der Waals surface area contributed by atoms with Crippen molar-refractivity contribution >= 4 is 11.8 Å². The monoisotopic (exact) mass is 228 g/mol. The Balaban J connectivity index is 1.74. The van der Waals surface area contributed by atoms with Crippen LogP contribution < -0.4 is 5.32 Å². The van der Waals surface area contributed by atoms with E-state index < -0.39 is 0 Å². The van der Waals surface area contributed by atoms with Crippen LogP contribution in [0.3, 0.4) is 0 Å². The molecule has 0 amide bonds. The van der Waals surface area contributed by atoms with Gasteiger partial charge >= 0.3 is 0 Å². The summed E-state index contributed by atoms with van der Waals surface area (Å²) in [6.07, 6.45) is 7.77. The highest BCUT2D eigenvalue weighted by Gasteiger charge is 2.30. The zero-order chi connectivity index (χ0) is 10.8. The standard InChI is InChI=1S/C12H24N2S/c1-9-6-11(8-14(9)2)13-10-4-5-12(7-10)15-3/h9-13H,4-8H2,1-3H3. The Morgan fingerprint density at radius 3 is 2.53 bits per heavy atom. The van der Waals surface area contributed by atoms with Gasteiger partial charge in [0.05, 0.1) is 0 Å². The molecule has 2 nitrogen and oxygen atoms in total. The Kier molecular flexibility index (Phi) is 3.97. The maximum absolute atomic E-state index is 3.85. The number of hydrogen-bond donors (Lipinski definition) is 1. The fourth-order valence-electron chi connectivity index (χ4n) is 2.95. The molecule has 1 aliphatic heterocycles. The minimum Gasteiger partial charge on any atom is -0.310 e. The maximum Gasteiger partial charge on any atom is 0.0212 e. The van der Waals surface area contributed by atoms with Gasteiger partial charge in [0.25, 0.3) is 0 Å². The molecule has 0 bridgehead atoms. The van der Waals surface area contributed by atoms with Crippen LogP contribution in [0.2, 0.25) is 0 Å². The van der Waals surface area contributed by atoms with E-state index in [1.807, 2.05) is 11.8 Å². The summed E-state index contributed by atoms with van der Waals surface area (Å²) in [6.45, 7) is 3.57. The maximum atomic E-state index is 3.85. The first-order valence-corrected chi connectivity index (χ1v) is 7.47. The van der Waals surface area contributed by atoms with Crippen molar-refractivity contribution in [1.29, 1.82) is 0 Å². The van der Waals surface area contributed by atoms with Crippen molar-refractivity contribution in [2.75, 3.05) is 19.8 Å². The van der Waals surface area contributed by atoms with Crippen molar-refractivity contribution in [3.63, 3.8) is 0 Å². The first kappa shape index (κ1) is 11.7. The Hall–Kier alpha value is 0.270. The molecule has 3 heteroatoms. The molecule has 1 saturated carbocycles. The second-order valence-electron chi connectivity index (χ2n) is 5.26. The second-order valence-corrected chi connectivity index (χ2v) is 6.39. The van der Waals surface area contributed by atoms with E-state index in [4.69, 9.17) is 0 Å². The second kappa shape index (κ2) is 5.07. The van der Waals surface area contributed by atoms with Crippen LogP contribution >= 0.6 is 11.8 Å². The normalized spacial score (nSPS) is 42.6. The quantitative estimate of drug-likeness (QED) is 0.795. The minimum atomic E-state index is 0.746. The lowest BCUT2D eigenvalue weighted by molar-refractivity contribution is 0.324. The van der Waals surface area contributed by atoms with E-state index in [-0.39, 0.29) is 0 Å². The van der Waals surface area contributed by atoms with Crippen LogP contribution in [0.5, 0.6) is 0 Å². The summed E-state index contributed by atoms with van der Waals surface area (Å²) in [5.74, 6) is 0. The molecule has 0 radical (unpaired) electrons. The van der Waals surface area contributed by atoms with E-state index in [1.165, 1.54) is 32.2 Å². The molecule has 1 heterocycles. The third kappa shape index (κ3) is 2.89. The predicted molar refractivity (Wildman–Crippen MR) is 68.6 cm³/mol. The fourth-order valence-corrected chi connectivity index (χ4v) is 3.75. The predicted octanol–water partition coefficient (Wildman–Crippen LogP) is 1.95. The van der Waals surface area contributed by atoms with Gasteiger partial charge in [-0.2, -0.15) is 11.8 Å². The van der Waals surface area contributed by atoms with Gasteiger partial charge in [0.15, 0.2) is 0 Å². The lowest BCUT2D eigenvalue weighted by Crippen LogP contribution is -2.38. The summed E-state index contributed by atoms with van der Waals surface area (Å²) in [7, 11) is 2.24. The summed E-state index contributed by atoms with van der Waals surface area (Å²) >= 11 is 2.04. The molecule has 88 valence electrons. The van der Waals surface area contributed by atoms with Crippen LogP contribution in [-0.4, -0.2) is 48.1 Å². The lowest BCUT2D eigenvalue weighted by atomic mass is 10.1. The van der Waals surface area contributed by atoms with Crippen LogP contribution in [0, 0.1) is 0 Å². The summed E-state index contributed by atoms with van der Waals surface area (Å²) < 4.78 is 0. The van der Waals surface area contributed by atoms with Crippen LogP contribution in [-0.2, 0) is 0 Å². The molecular weight excluding hydrogens is 204 g/mol. The van der Waals surface area contributed by atoms with E-state index >= 15 is 0 Å². The Bertz CT molecular complexity index is 200. The van der Waals surface area contributed by atoms with Gasteiger partial charge in [0.1, 0.15) is 0 Å². The van der Waals surface area contributed by atoms with Gasteiger partial charge in [-0.1, -0.05) is 0 Å². The molecule has 1 N–H and O–H groups in total. The van der Waals surface area contributed by atoms with E-state index in [0.29, 0.717) is 0 Å². The zero-order valence-electron chi connectivity index (χ0n) is 10.2. The molecule has 2 fully saturated rings. The topological polar surface area (TPSA) is 15.3 Å². The van der Waals surface area contributed by atoms with E-state index in [2.05, 4.69) is 30.4 Å². The van der Waals surface area contributed by atoms with Gasteiger partial charge in [-0.25, -0.2) is 0 Å². The molecule has 2 aliphatic rings. The van der Waals surface area contributed by atoms with E-state index in [1.54, 1.807) is 0 Å². The number of hydrogen-bond acceptors (Lipinski definition) is 3. The van der Waals surface area contributed by atoms with Crippen molar-refractivity contribution in [3.05, 3.63) is 0 Å². The average Bonchev–Trinajstić information content (AvgIpc) is 2.76. The first-order valence-electron chi connectivity index (χ1n) is 6.18. The third-order valence-corrected chi connectivity index (χ3v) is 5.17. The number of nitrogens with one attached hydrogen (secondary N) is 1. The highest BCUT2D eigenvalue weighted by atomic mass is 32.2. The summed E-state index contributed by atoms with van der Waals surface area (Å²) in [5.41, 5.74) is 0. The number of likely N-dealkylation sites (N-methyl/N-ethyl adjacent to an activating group) is 1. The molecule has 4 atom stereocenters. The zero-order valence-corrected chi connectivity index (χ0v) is 11.0. The average molecular weight is 228 g/mol. The smallest absolute Gasteiger partial charge is 0.0212 e. The molecule has 0 aromatic carbocycles. The SMILES string of the molecule is CSC1CCC(NC2CC(C)N(C)C2)C1. The molecule has 0 aromatic rings. The molecule has 15 heavy (non-hydrogen) atoms. The van der Waals surface area contributed by atoms with Crippen molar-refractivity contribution in [3.8, 4) is 0 Å². The highest BCUT2D eigenvalue weighted by Crippen LogP contribution is 2.29. The Labute approximate surface area is 98.2 Å². The molecule has 1 saturated heterocycles. The summed E-state index contributed by atoms with van der Waals surface area (Å²) in [4.78, 5) is 2.47. The van der Waals surface area contributed by atoms with Crippen LogP contribution in [0.15, 0.2) is 0 Å². The van der Waals surface area contributed by atoms with Gasteiger partial charge in [-0.15, -0.1) is 0 Å². The molecule has 2 rings (SSSR count). The van der Waals surface area contributed by atoms with E-state index in [9.17, 15) is 0 Å². The molecular formula is C12H24N2S. The van der Waals surface area contributed by atoms with Crippen molar-refractivity contribution in [2.24, 2.45) is 0 Å². The lowest BCUT2D eigenvalue weighted by Gasteiger charge is -2.18. The third-order valence-electron chi connectivity index (χ3n) is 4.08. The van der Waals surface area contributed by atoms with Gasteiger partial charge in [0.2, 0.25) is 0 Å². The van der Waals surface area contributed by atoms with Crippen LogP contribution in [0.25, 0.3) is 0 Å². The van der Waals surface area contributed by atoms with Crippen molar-refractivity contribution < 1.29 is 0 Å². The minimum absolute atomic E-state index is 0.746. The van der Waals surface area contributed by atoms with Gasteiger partial charge in [-0.05, 0) is 45.9 Å². The number of rotatable bonds is 3. The van der Waals surface area contributed by atoms with Crippen molar-refractivity contribution in [1.82, 2.24) is 10.2 Å². The number of thioether (sulfide) groups is 1. The van der Waals surface area contributed by atoms with Gasteiger partial charge in [-0.3, -0.25) is 0 Å². The van der Waals surface area contributed by atoms with E-state index in [0.717, 1.165) is 23.4 Å². The van der Waals surface area contributed by atoms with Crippen molar-refractivity contribution in [2.45, 2.75) is 56.0 Å². The highest BCUT2D eigenvalue weighted by molar-refractivity contribution is 7.99. The largest absolute Gasteiger partial charge is 0.310 e. The van der Waals surface area contributed by atoms with Gasteiger partial charge in [0, 0.05) is 29.9 Å². The molecule has 1 aliphatic carbocycles. The number of nitrogens with zero attached hydrogens (tertiary/aromatic N) is 1. The van der Waals surface area contributed by atoms with Gasteiger partial charge < -0.3 is 10.2 Å². The summed E-state index contributed by atoms with van der Waals surface area (Å²) in [6, 6.07) is 2.31. The summed E-state index contributed by atoms with van der Waals surface area (Å²) in [5, 5.41) is 4.76. The molecule has 0 aromatic heterocycles. The molecule has 0 spiro atoms. The number of likely N-dealkylation sites (tertiary alicyclic amines) is 1. The van der Waals surface area contributed by atoms with Crippen LogP contribution in [0.4, 0.5) is 0 Å². The van der Waals surface area contributed by atoms with Crippen LogP contribution in [0.1, 0.15) is 32.6 Å². The fraction of sp³-hybridized carbons (Fsp3) is 1.00. The Morgan fingerprint density at radius 1 is 1.20 bits per heavy atom.